The minimum Gasteiger partial charge on any atom is -0.497 e. The van der Waals surface area contributed by atoms with Crippen LogP contribution in [0.5, 0.6) is 23.0 Å². The van der Waals surface area contributed by atoms with E-state index in [9.17, 15) is 4.79 Å². The van der Waals surface area contributed by atoms with Crippen molar-refractivity contribution < 1.29 is 23.7 Å². The van der Waals surface area contributed by atoms with E-state index in [1.54, 1.807) is 52.5 Å². The molecule has 0 aliphatic rings. The van der Waals surface area contributed by atoms with Gasteiger partial charge in [0.2, 0.25) is 0 Å². The van der Waals surface area contributed by atoms with Crippen LogP contribution in [-0.2, 0) is 4.79 Å². The number of allylic oxidation sites excluding steroid dienone is 1. The van der Waals surface area contributed by atoms with Crippen LogP contribution >= 0.6 is 0 Å². The highest BCUT2D eigenvalue weighted by molar-refractivity contribution is 5.86. The van der Waals surface area contributed by atoms with Gasteiger partial charge in [0.1, 0.15) is 11.5 Å². The second kappa shape index (κ2) is 8.06. The van der Waals surface area contributed by atoms with Crippen molar-refractivity contribution in [2.45, 2.75) is 6.92 Å². The van der Waals surface area contributed by atoms with Crippen molar-refractivity contribution in [3.8, 4) is 34.1 Å². The summed E-state index contributed by atoms with van der Waals surface area (Å²) in [5.74, 6) is 1.78. The zero-order valence-electron chi connectivity index (χ0n) is 14.2. The highest BCUT2D eigenvalue weighted by Crippen LogP contribution is 2.38. The molecule has 2 rings (SSSR count). The van der Waals surface area contributed by atoms with Gasteiger partial charge in [-0.15, -0.1) is 0 Å². The molecule has 0 heterocycles. The van der Waals surface area contributed by atoms with E-state index in [2.05, 4.69) is 0 Å². The molecule has 0 spiro atoms. The van der Waals surface area contributed by atoms with Crippen LogP contribution in [0.25, 0.3) is 11.1 Å². The van der Waals surface area contributed by atoms with Crippen LogP contribution in [0.3, 0.4) is 0 Å². The molecule has 0 fully saturated rings. The van der Waals surface area contributed by atoms with E-state index in [1.807, 2.05) is 18.2 Å². The molecule has 0 radical (unpaired) electrons. The molecule has 5 nitrogen and oxygen atoms in total. The zero-order chi connectivity index (χ0) is 17.5. The topological polar surface area (TPSA) is 54.0 Å². The molecule has 0 atom stereocenters. The Labute approximate surface area is 141 Å². The van der Waals surface area contributed by atoms with E-state index in [1.165, 1.54) is 6.08 Å². The molecule has 2 aromatic rings. The second-order valence-corrected chi connectivity index (χ2v) is 4.85. The lowest BCUT2D eigenvalue weighted by molar-refractivity contribution is -0.128. The molecule has 0 saturated heterocycles. The maximum atomic E-state index is 11.8. The fraction of sp³-hybridized carbons (Fsp3) is 0.211. The van der Waals surface area contributed by atoms with Gasteiger partial charge in [0.15, 0.2) is 11.5 Å². The summed E-state index contributed by atoms with van der Waals surface area (Å²) >= 11 is 0. The molecular weight excluding hydrogens is 308 g/mol. The molecule has 126 valence electrons. The molecule has 24 heavy (non-hydrogen) atoms. The number of ether oxygens (including phenoxy) is 4. The third-order valence-corrected chi connectivity index (χ3v) is 3.40. The smallest absolute Gasteiger partial charge is 0.335 e. The summed E-state index contributed by atoms with van der Waals surface area (Å²) in [4.78, 5) is 11.8. The first-order valence-corrected chi connectivity index (χ1v) is 7.37. The summed E-state index contributed by atoms with van der Waals surface area (Å²) in [6.07, 6.45) is 2.98. The number of benzene rings is 2. The number of carbonyl (C=O) groups excluding carboxylic acids is 1. The molecule has 0 bridgehead atoms. The molecule has 0 amide bonds. The van der Waals surface area contributed by atoms with Crippen LogP contribution in [-0.4, -0.2) is 27.3 Å². The Balaban J connectivity index is 2.50. The van der Waals surface area contributed by atoms with Gasteiger partial charge in [-0.3, -0.25) is 0 Å². The van der Waals surface area contributed by atoms with Crippen molar-refractivity contribution in [2.75, 3.05) is 21.3 Å². The molecule has 0 aliphatic carbocycles. The number of rotatable bonds is 6. The molecule has 0 unspecified atom stereocenters. The minimum atomic E-state index is -0.451. The highest BCUT2D eigenvalue weighted by Gasteiger charge is 2.13. The fourth-order valence-corrected chi connectivity index (χ4v) is 2.23. The van der Waals surface area contributed by atoms with E-state index < -0.39 is 5.97 Å². The molecule has 0 N–H and O–H groups in total. The number of methoxy groups -OCH3 is 3. The normalized spacial score (nSPS) is 10.5. The molecule has 5 heteroatoms. The van der Waals surface area contributed by atoms with Crippen molar-refractivity contribution in [1.82, 2.24) is 0 Å². The average molecular weight is 328 g/mol. The van der Waals surface area contributed by atoms with Crippen LogP contribution in [0.1, 0.15) is 6.92 Å². The van der Waals surface area contributed by atoms with E-state index in [0.29, 0.717) is 23.0 Å². The summed E-state index contributed by atoms with van der Waals surface area (Å²) in [6.45, 7) is 1.75. The van der Waals surface area contributed by atoms with Gasteiger partial charge in [-0.2, -0.15) is 0 Å². The van der Waals surface area contributed by atoms with Crippen LogP contribution in [0.2, 0.25) is 0 Å². The number of carbonyl (C=O) groups is 1. The first-order chi connectivity index (χ1) is 11.6. The predicted molar refractivity (Wildman–Crippen MR) is 92.0 cm³/mol. The quantitative estimate of drug-likeness (QED) is 0.458. The molecule has 2 aromatic carbocycles. The van der Waals surface area contributed by atoms with Crippen LogP contribution < -0.4 is 18.9 Å². The van der Waals surface area contributed by atoms with Crippen molar-refractivity contribution in [3.05, 3.63) is 48.6 Å². The van der Waals surface area contributed by atoms with Crippen LogP contribution in [0, 0.1) is 0 Å². The van der Waals surface area contributed by atoms with Gasteiger partial charge in [-0.05, 0) is 36.8 Å². The van der Waals surface area contributed by atoms with Gasteiger partial charge in [0, 0.05) is 17.7 Å². The van der Waals surface area contributed by atoms with E-state index in [-0.39, 0.29) is 0 Å². The van der Waals surface area contributed by atoms with Crippen molar-refractivity contribution in [1.29, 1.82) is 0 Å². The first kappa shape index (κ1) is 17.4. The predicted octanol–water partition coefficient (Wildman–Crippen LogP) is 3.86. The van der Waals surface area contributed by atoms with E-state index >= 15 is 0 Å². The number of hydrogen-bond acceptors (Lipinski definition) is 5. The molecule has 0 aromatic heterocycles. The van der Waals surface area contributed by atoms with Crippen LogP contribution in [0.15, 0.2) is 48.6 Å². The van der Waals surface area contributed by atoms with E-state index in [0.717, 1.165) is 11.1 Å². The lowest BCUT2D eigenvalue weighted by Crippen LogP contribution is -2.05. The average Bonchev–Trinajstić information content (AvgIpc) is 2.61. The fourth-order valence-electron chi connectivity index (χ4n) is 2.23. The maximum absolute atomic E-state index is 11.8. The summed E-state index contributed by atoms with van der Waals surface area (Å²) in [6, 6.07) is 10.8. The Morgan fingerprint density at radius 3 is 2.25 bits per heavy atom. The van der Waals surface area contributed by atoms with Gasteiger partial charge >= 0.3 is 5.97 Å². The Bertz CT molecular complexity index is 749. The summed E-state index contributed by atoms with van der Waals surface area (Å²) in [5.41, 5.74) is 1.58. The van der Waals surface area contributed by atoms with Gasteiger partial charge < -0.3 is 18.9 Å². The highest BCUT2D eigenvalue weighted by atomic mass is 16.5. The molecule has 0 saturated carbocycles. The lowest BCUT2D eigenvalue weighted by atomic mass is 10.0. The molecule has 0 aliphatic heterocycles. The lowest BCUT2D eigenvalue weighted by Gasteiger charge is -2.13. The van der Waals surface area contributed by atoms with Gasteiger partial charge in [-0.25, -0.2) is 4.79 Å². The Morgan fingerprint density at radius 2 is 1.62 bits per heavy atom. The van der Waals surface area contributed by atoms with E-state index in [4.69, 9.17) is 18.9 Å². The maximum Gasteiger partial charge on any atom is 0.335 e. The van der Waals surface area contributed by atoms with Gasteiger partial charge in [0.25, 0.3) is 0 Å². The van der Waals surface area contributed by atoms with Gasteiger partial charge in [0.05, 0.1) is 21.3 Å². The number of hydrogen-bond donors (Lipinski definition) is 0. The summed E-state index contributed by atoms with van der Waals surface area (Å²) in [5, 5.41) is 0. The van der Waals surface area contributed by atoms with Gasteiger partial charge in [-0.1, -0.05) is 12.1 Å². The van der Waals surface area contributed by atoms with Crippen molar-refractivity contribution in [2.24, 2.45) is 0 Å². The Kier molecular flexibility index (Phi) is 5.84. The van der Waals surface area contributed by atoms with Crippen LogP contribution in [0.4, 0.5) is 0 Å². The third kappa shape index (κ3) is 3.87. The first-order valence-electron chi connectivity index (χ1n) is 7.37. The minimum absolute atomic E-state index is 0.407. The Morgan fingerprint density at radius 1 is 0.875 bits per heavy atom. The second-order valence-electron chi connectivity index (χ2n) is 4.85. The van der Waals surface area contributed by atoms with Crippen molar-refractivity contribution >= 4 is 5.97 Å². The zero-order valence-corrected chi connectivity index (χ0v) is 14.2. The third-order valence-electron chi connectivity index (χ3n) is 3.40. The van der Waals surface area contributed by atoms with Crippen molar-refractivity contribution in [3.63, 3.8) is 0 Å². The summed E-state index contributed by atoms with van der Waals surface area (Å²) in [7, 11) is 4.71. The Hall–Kier alpha value is -2.95. The largest absolute Gasteiger partial charge is 0.497 e. The monoisotopic (exact) mass is 328 g/mol. The standard InChI is InChI=1S/C19H20O5/c1-5-6-19(20)24-17-12-14(21-2)8-9-15(17)13-7-10-16(22-3)18(11-13)23-4/h5-12H,1-4H3/b6-5+. The molecular formula is C19H20O5. The summed E-state index contributed by atoms with van der Waals surface area (Å²) < 4.78 is 21.2. The number of esters is 1. The SMILES string of the molecule is C/C=C/C(=O)Oc1cc(OC)ccc1-c1ccc(OC)c(OC)c1.